The summed E-state index contributed by atoms with van der Waals surface area (Å²) in [6.45, 7) is 0. The molecule has 15 rings (SSSR count). The second kappa shape index (κ2) is 14.5. The highest BCUT2D eigenvalue weighted by molar-refractivity contribution is 6.26. The van der Waals surface area contributed by atoms with Crippen LogP contribution >= 0.6 is 0 Å². The molecule has 0 fully saturated rings. The largest absolute Gasteiger partial charge is 0.456 e. The summed E-state index contributed by atoms with van der Waals surface area (Å²) < 4.78 is 6.29. The van der Waals surface area contributed by atoms with Crippen LogP contribution in [0.25, 0.3) is 98.8 Å². The summed E-state index contributed by atoms with van der Waals surface area (Å²) in [5.74, 6) is 0. The minimum Gasteiger partial charge on any atom is -0.456 e. The fraction of sp³-hybridized carbons (Fsp3) is 0.0149. The number of nitrogens with zero attached hydrogens (tertiary/aromatic N) is 1. The van der Waals surface area contributed by atoms with Crippen LogP contribution in [0.15, 0.2) is 253 Å². The number of para-hydroxylation sites is 1. The van der Waals surface area contributed by atoms with E-state index in [1.54, 1.807) is 0 Å². The van der Waals surface area contributed by atoms with Crippen LogP contribution < -0.4 is 4.90 Å². The molecule has 0 bridgehead atoms. The molecule has 1 aromatic heterocycles. The molecule has 2 heteroatoms. The number of hydrogen-bond donors (Lipinski definition) is 0. The molecule has 1 spiro atoms. The van der Waals surface area contributed by atoms with Crippen LogP contribution in [0.1, 0.15) is 22.3 Å². The van der Waals surface area contributed by atoms with Crippen molar-refractivity contribution in [1.82, 2.24) is 0 Å². The van der Waals surface area contributed by atoms with E-state index in [0.717, 1.165) is 55.7 Å². The Morgan fingerprint density at radius 3 is 1.41 bits per heavy atom. The van der Waals surface area contributed by atoms with Gasteiger partial charge >= 0.3 is 0 Å². The van der Waals surface area contributed by atoms with Crippen LogP contribution in [0.4, 0.5) is 17.1 Å². The minimum atomic E-state index is -0.405. The van der Waals surface area contributed by atoms with Gasteiger partial charge in [0.25, 0.3) is 0 Å². The topological polar surface area (TPSA) is 16.4 Å². The van der Waals surface area contributed by atoms with Gasteiger partial charge < -0.3 is 9.32 Å². The van der Waals surface area contributed by atoms with Crippen molar-refractivity contribution < 1.29 is 4.42 Å². The average molecular weight is 876 g/mol. The van der Waals surface area contributed by atoms with E-state index in [9.17, 15) is 0 Å². The predicted molar refractivity (Wildman–Crippen MR) is 288 cm³/mol. The number of hydrogen-bond acceptors (Lipinski definition) is 2. The lowest BCUT2D eigenvalue weighted by molar-refractivity contribution is 0.669. The molecule has 0 N–H and O–H groups in total. The highest BCUT2D eigenvalue weighted by Crippen LogP contribution is 2.63. The molecule has 2 aliphatic carbocycles. The van der Waals surface area contributed by atoms with Gasteiger partial charge in [0.15, 0.2) is 0 Å². The van der Waals surface area contributed by atoms with E-state index in [-0.39, 0.29) is 0 Å². The highest BCUT2D eigenvalue weighted by Gasteiger charge is 2.51. The van der Waals surface area contributed by atoms with Crippen molar-refractivity contribution in [1.29, 1.82) is 0 Å². The summed E-state index contributed by atoms with van der Waals surface area (Å²) in [5.41, 5.74) is 19.9. The molecule has 320 valence electrons. The molecule has 2 aliphatic rings. The zero-order valence-electron chi connectivity index (χ0n) is 37.5. The molecular formula is C67H41NO. The third-order valence-electron chi connectivity index (χ3n) is 15.3. The van der Waals surface area contributed by atoms with Crippen molar-refractivity contribution in [2.24, 2.45) is 0 Å². The van der Waals surface area contributed by atoms with Crippen molar-refractivity contribution in [3.8, 4) is 44.5 Å². The molecule has 0 unspecified atom stereocenters. The van der Waals surface area contributed by atoms with Gasteiger partial charge in [-0.1, -0.05) is 194 Å². The first-order chi connectivity index (χ1) is 34.2. The van der Waals surface area contributed by atoms with Gasteiger partial charge in [-0.2, -0.15) is 0 Å². The minimum absolute atomic E-state index is 0.405. The molecule has 2 nitrogen and oxygen atoms in total. The monoisotopic (exact) mass is 875 g/mol. The van der Waals surface area contributed by atoms with Gasteiger partial charge in [0, 0.05) is 27.8 Å². The number of benzene rings is 12. The first-order valence-electron chi connectivity index (χ1n) is 23.9. The normalized spacial score (nSPS) is 13.0. The maximum atomic E-state index is 6.29. The van der Waals surface area contributed by atoms with Crippen molar-refractivity contribution >= 4 is 71.3 Å². The fourth-order valence-electron chi connectivity index (χ4n) is 12.4. The molecule has 0 radical (unpaired) electrons. The van der Waals surface area contributed by atoms with Crippen LogP contribution in [-0.2, 0) is 5.41 Å². The van der Waals surface area contributed by atoms with Crippen molar-refractivity contribution in [3.05, 3.63) is 271 Å². The molecule has 12 aromatic carbocycles. The van der Waals surface area contributed by atoms with Crippen molar-refractivity contribution in [3.63, 3.8) is 0 Å². The molecule has 0 amide bonds. The maximum absolute atomic E-state index is 6.29. The van der Waals surface area contributed by atoms with E-state index >= 15 is 0 Å². The SMILES string of the molecule is c1cc(-c2ccc(N(c3ccc4c(c3)-c3ccccc3C43c4ccccc4-c4ccccc43)c3ccc4c5ccccc5c5ccccc5c4c3)cc2)cc(-c2cccc3oc4ccccc4c23)c1. The van der Waals surface area contributed by atoms with E-state index in [0.29, 0.717) is 0 Å². The summed E-state index contributed by atoms with van der Waals surface area (Å²) in [4.78, 5) is 2.46. The van der Waals surface area contributed by atoms with Gasteiger partial charge in [0.05, 0.1) is 5.41 Å². The second-order valence-electron chi connectivity index (χ2n) is 18.7. The third kappa shape index (κ3) is 5.37. The summed E-state index contributed by atoms with van der Waals surface area (Å²) in [6, 6.07) is 91.9. The Morgan fingerprint density at radius 1 is 0.261 bits per heavy atom. The standard InChI is InChI=1S/C67H41NO/c1-2-19-51-49(17-1)50-18-3-4-20-52(50)58-40-46(35-37-53(51)58)68(45-33-31-42(32-34-45)43-15-13-16-44(39-43)48-25-14-30-65-66(48)57-24-8-12-29-64(57)69-65)47-36-38-63-59(41-47)56-23-7-11-28-62(56)67(63)60-26-9-5-21-54(60)55-22-6-10-27-61(55)67/h1-41H. The zero-order chi connectivity index (χ0) is 45.2. The van der Waals surface area contributed by atoms with Gasteiger partial charge in [-0.25, -0.2) is 0 Å². The molecule has 0 saturated heterocycles. The first kappa shape index (κ1) is 38.2. The predicted octanol–water partition coefficient (Wildman–Crippen LogP) is 18.2. The lowest BCUT2D eigenvalue weighted by Crippen LogP contribution is -2.25. The van der Waals surface area contributed by atoms with Crippen LogP contribution in [0.3, 0.4) is 0 Å². The Balaban J connectivity index is 0.915. The summed E-state index contributed by atoms with van der Waals surface area (Å²) in [5, 5.41) is 9.85. The lowest BCUT2D eigenvalue weighted by Gasteiger charge is -2.31. The zero-order valence-corrected chi connectivity index (χ0v) is 37.5. The summed E-state index contributed by atoms with van der Waals surface area (Å²) in [6.07, 6.45) is 0. The van der Waals surface area contributed by atoms with Crippen molar-refractivity contribution in [2.75, 3.05) is 4.90 Å². The molecular weight excluding hydrogens is 835 g/mol. The summed E-state index contributed by atoms with van der Waals surface area (Å²) >= 11 is 0. The average Bonchev–Trinajstić information content (AvgIpc) is 4.05. The van der Waals surface area contributed by atoms with Crippen LogP contribution in [0, 0.1) is 0 Å². The number of rotatable bonds is 5. The lowest BCUT2D eigenvalue weighted by atomic mass is 9.70. The van der Waals surface area contributed by atoms with Crippen LogP contribution in [-0.4, -0.2) is 0 Å². The number of fused-ring (bicyclic) bond motifs is 19. The van der Waals surface area contributed by atoms with Crippen LogP contribution in [0.2, 0.25) is 0 Å². The molecule has 0 atom stereocenters. The van der Waals surface area contributed by atoms with E-state index in [4.69, 9.17) is 4.42 Å². The molecule has 0 aliphatic heterocycles. The van der Waals surface area contributed by atoms with Crippen LogP contribution in [0.5, 0.6) is 0 Å². The highest BCUT2D eigenvalue weighted by atomic mass is 16.3. The second-order valence-corrected chi connectivity index (χ2v) is 18.7. The Bertz CT molecular complexity index is 4190. The van der Waals surface area contributed by atoms with Gasteiger partial charge in [-0.15, -0.1) is 0 Å². The Hall–Kier alpha value is -8.98. The van der Waals surface area contributed by atoms with E-state index < -0.39 is 5.41 Å². The quantitative estimate of drug-likeness (QED) is 0.160. The third-order valence-corrected chi connectivity index (χ3v) is 15.3. The molecule has 13 aromatic rings. The van der Waals surface area contributed by atoms with E-state index in [1.807, 2.05) is 6.07 Å². The Morgan fingerprint density at radius 2 is 0.725 bits per heavy atom. The molecule has 69 heavy (non-hydrogen) atoms. The van der Waals surface area contributed by atoms with E-state index in [2.05, 4.69) is 248 Å². The molecule has 1 heterocycles. The number of furan rings is 1. The Kier molecular flexibility index (Phi) is 8.02. The summed E-state index contributed by atoms with van der Waals surface area (Å²) in [7, 11) is 0. The van der Waals surface area contributed by atoms with Gasteiger partial charge in [0.2, 0.25) is 0 Å². The van der Waals surface area contributed by atoms with Crippen molar-refractivity contribution in [2.45, 2.75) is 5.41 Å². The fourth-order valence-corrected chi connectivity index (χ4v) is 12.4. The van der Waals surface area contributed by atoms with Gasteiger partial charge in [-0.3, -0.25) is 0 Å². The molecule has 0 saturated carbocycles. The van der Waals surface area contributed by atoms with Gasteiger partial charge in [0.1, 0.15) is 11.2 Å². The number of anilines is 3. The van der Waals surface area contributed by atoms with E-state index in [1.165, 1.54) is 82.4 Å². The van der Waals surface area contributed by atoms with Gasteiger partial charge in [-0.05, 0) is 154 Å². The Labute approximate surface area is 399 Å². The first-order valence-corrected chi connectivity index (χ1v) is 23.9. The smallest absolute Gasteiger partial charge is 0.136 e. The maximum Gasteiger partial charge on any atom is 0.136 e.